The molecule has 88 valence electrons. The van der Waals surface area contributed by atoms with Gasteiger partial charge in [-0.2, -0.15) is 0 Å². The first-order valence-electron chi connectivity index (χ1n) is 4.77. The minimum atomic E-state index is -0.507. The van der Waals surface area contributed by atoms with Crippen LogP contribution in [0.1, 0.15) is 20.8 Å². The van der Waals surface area contributed by atoms with E-state index in [9.17, 15) is 4.79 Å². The molecular formula is C11H14BrNO2S. The molecule has 16 heavy (non-hydrogen) atoms. The summed E-state index contributed by atoms with van der Waals surface area (Å²) in [6, 6.07) is 5.43. The number of hydrogen-bond acceptors (Lipinski definition) is 3. The predicted octanol–water partition coefficient (Wildman–Crippen LogP) is 4.08. The summed E-state index contributed by atoms with van der Waals surface area (Å²) in [5.74, 6) is 0. The molecule has 0 unspecified atom stereocenters. The molecule has 5 heteroatoms. The van der Waals surface area contributed by atoms with Crippen molar-refractivity contribution in [1.29, 1.82) is 0 Å². The van der Waals surface area contributed by atoms with Crippen molar-refractivity contribution in [3.05, 3.63) is 22.7 Å². The molecule has 0 radical (unpaired) electrons. The van der Waals surface area contributed by atoms with E-state index in [1.165, 1.54) is 0 Å². The number of nitrogens with one attached hydrogen (secondary N) is 1. The lowest BCUT2D eigenvalue weighted by Gasteiger charge is -2.20. The molecule has 1 rings (SSSR count). The Morgan fingerprint density at radius 3 is 2.62 bits per heavy atom. The largest absolute Gasteiger partial charge is 0.444 e. The van der Waals surface area contributed by atoms with Gasteiger partial charge in [0.1, 0.15) is 5.60 Å². The number of carbonyl (C=O) groups excluding carboxylic acids is 1. The minimum absolute atomic E-state index is 0.485. The SMILES string of the molecule is CC(C)(C)OC(=O)Nc1cccc(Br)c1S. The summed E-state index contributed by atoms with van der Waals surface area (Å²) in [5, 5.41) is 2.64. The van der Waals surface area contributed by atoms with Crippen molar-refractivity contribution >= 4 is 40.3 Å². The topological polar surface area (TPSA) is 38.3 Å². The molecule has 1 aromatic carbocycles. The lowest BCUT2D eigenvalue weighted by atomic mass is 10.2. The van der Waals surface area contributed by atoms with Crippen LogP contribution < -0.4 is 5.32 Å². The molecule has 0 aliphatic carbocycles. The third-order valence-electron chi connectivity index (χ3n) is 1.62. The maximum absolute atomic E-state index is 11.5. The Morgan fingerprint density at radius 1 is 1.44 bits per heavy atom. The van der Waals surface area contributed by atoms with E-state index in [0.29, 0.717) is 10.6 Å². The van der Waals surface area contributed by atoms with Crippen LogP contribution in [0.15, 0.2) is 27.6 Å². The average molecular weight is 304 g/mol. The maximum Gasteiger partial charge on any atom is 0.412 e. The van der Waals surface area contributed by atoms with Gasteiger partial charge in [-0.25, -0.2) is 4.79 Å². The van der Waals surface area contributed by atoms with Crippen LogP contribution in [-0.4, -0.2) is 11.7 Å². The van der Waals surface area contributed by atoms with E-state index in [1.807, 2.05) is 32.9 Å². The van der Waals surface area contributed by atoms with Crippen molar-refractivity contribution in [2.45, 2.75) is 31.3 Å². The highest BCUT2D eigenvalue weighted by Gasteiger charge is 2.17. The molecule has 0 spiro atoms. The molecular weight excluding hydrogens is 290 g/mol. The quantitative estimate of drug-likeness (QED) is 0.767. The van der Waals surface area contributed by atoms with E-state index in [0.717, 1.165) is 4.47 Å². The second-order valence-corrected chi connectivity index (χ2v) is 5.56. The van der Waals surface area contributed by atoms with Gasteiger partial charge < -0.3 is 4.74 Å². The van der Waals surface area contributed by atoms with Crippen LogP contribution in [0.3, 0.4) is 0 Å². The Bertz CT molecular complexity index is 401. The summed E-state index contributed by atoms with van der Waals surface area (Å²) in [4.78, 5) is 12.2. The van der Waals surface area contributed by atoms with Crippen LogP contribution in [0, 0.1) is 0 Å². The van der Waals surface area contributed by atoms with Gasteiger partial charge in [0.2, 0.25) is 0 Å². The Kier molecular flexibility index (Phi) is 4.27. The standard InChI is InChI=1S/C11H14BrNO2S/c1-11(2,3)15-10(14)13-8-6-4-5-7(12)9(8)16/h4-6,16H,1-3H3,(H,13,14). The average Bonchev–Trinajstić information content (AvgIpc) is 2.09. The fraction of sp³-hybridized carbons (Fsp3) is 0.364. The van der Waals surface area contributed by atoms with Crippen LogP contribution in [0.4, 0.5) is 10.5 Å². The number of amides is 1. The lowest BCUT2D eigenvalue weighted by Crippen LogP contribution is -2.27. The van der Waals surface area contributed by atoms with E-state index in [-0.39, 0.29) is 0 Å². The van der Waals surface area contributed by atoms with Gasteiger partial charge in [0.25, 0.3) is 0 Å². The second kappa shape index (κ2) is 5.10. The zero-order valence-electron chi connectivity index (χ0n) is 9.37. The Balaban J connectivity index is 2.74. The summed E-state index contributed by atoms with van der Waals surface area (Å²) in [6.07, 6.45) is -0.485. The molecule has 0 aromatic heterocycles. The van der Waals surface area contributed by atoms with E-state index in [1.54, 1.807) is 6.07 Å². The van der Waals surface area contributed by atoms with Gasteiger partial charge >= 0.3 is 6.09 Å². The monoisotopic (exact) mass is 303 g/mol. The third-order valence-corrected chi connectivity index (χ3v) is 3.07. The fourth-order valence-corrected chi connectivity index (χ4v) is 1.60. The van der Waals surface area contributed by atoms with E-state index in [2.05, 4.69) is 33.9 Å². The molecule has 0 fully saturated rings. The smallest absolute Gasteiger partial charge is 0.412 e. The van der Waals surface area contributed by atoms with Gasteiger partial charge in [-0.1, -0.05) is 6.07 Å². The molecule has 1 amide bonds. The first-order valence-corrected chi connectivity index (χ1v) is 6.01. The number of rotatable bonds is 1. The number of benzene rings is 1. The van der Waals surface area contributed by atoms with E-state index >= 15 is 0 Å². The maximum atomic E-state index is 11.5. The minimum Gasteiger partial charge on any atom is -0.444 e. The predicted molar refractivity (Wildman–Crippen MR) is 71.3 cm³/mol. The van der Waals surface area contributed by atoms with Crippen molar-refractivity contribution in [3.8, 4) is 0 Å². The Labute approximate surface area is 109 Å². The van der Waals surface area contributed by atoms with Crippen LogP contribution >= 0.6 is 28.6 Å². The molecule has 0 aliphatic rings. The normalized spacial score (nSPS) is 11.1. The number of halogens is 1. The fourth-order valence-electron chi connectivity index (χ4n) is 1.03. The third kappa shape index (κ3) is 4.06. The zero-order chi connectivity index (χ0) is 12.3. The summed E-state index contributed by atoms with van der Waals surface area (Å²) in [5.41, 5.74) is 0.110. The van der Waals surface area contributed by atoms with Gasteiger partial charge in [-0.15, -0.1) is 12.6 Å². The molecule has 3 nitrogen and oxygen atoms in total. The first kappa shape index (κ1) is 13.4. The molecule has 0 aliphatic heterocycles. The first-order chi connectivity index (χ1) is 7.29. The van der Waals surface area contributed by atoms with Crippen molar-refractivity contribution in [2.24, 2.45) is 0 Å². The molecule has 0 atom stereocenters. The van der Waals surface area contributed by atoms with Crippen LogP contribution in [0.5, 0.6) is 0 Å². The number of hydrogen-bond donors (Lipinski definition) is 2. The van der Waals surface area contributed by atoms with Crippen LogP contribution in [-0.2, 0) is 4.74 Å². The molecule has 1 aromatic rings. The second-order valence-electron chi connectivity index (χ2n) is 4.26. The van der Waals surface area contributed by atoms with Gasteiger partial charge in [0, 0.05) is 9.37 Å². The highest BCUT2D eigenvalue weighted by molar-refractivity contribution is 9.10. The molecule has 1 N–H and O–H groups in total. The molecule has 0 saturated heterocycles. The van der Waals surface area contributed by atoms with Crippen molar-refractivity contribution in [2.75, 3.05) is 5.32 Å². The van der Waals surface area contributed by atoms with Crippen molar-refractivity contribution < 1.29 is 9.53 Å². The highest BCUT2D eigenvalue weighted by atomic mass is 79.9. The van der Waals surface area contributed by atoms with E-state index < -0.39 is 11.7 Å². The van der Waals surface area contributed by atoms with E-state index in [4.69, 9.17) is 4.74 Å². The highest BCUT2D eigenvalue weighted by Crippen LogP contribution is 2.28. The summed E-state index contributed by atoms with van der Waals surface area (Å²) in [6.45, 7) is 5.44. The molecule has 0 heterocycles. The van der Waals surface area contributed by atoms with Gasteiger partial charge in [-0.3, -0.25) is 5.32 Å². The molecule has 0 bridgehead atoms. The lowest BCUT2D eigenvalue weighted by molar-refractivity contribution is 0.0635. The summed E-state index contributed by atoms with van der Waals surface area (Å²) < 4.78 is 5.96. The number of anilines is 1. The Hall–Kier alpha value is -0.680. The van der Waals surface area contributed by atoms with Gasteiger partial charge in [0.05, 0.1) is 5.69 Å². The van der Waals surface area contributed by atoms with Gasteiger partial charge in [0.15, 0.2) is 0 Å². The summed E-state index contributed by atoms with van der Waals surface area (Å²) >= 11 is 7.61. The number of ether oxygens (including phenoxy) is 1. The van der Waals surface area contributed by atoms with Crippen LogP contribution in [0.2, 0.25) is 0 Å². The number of thiol groups is 1. The zero-order valence-corrected chi connectivity index (χ0v) is 11.9. The van der Waals surface area contributed by atoms with Crippen molar-refractivity contribution in [1.82, 2.24) is 0 Å². The molecule has 0 saturated carbocycles. The van der Waals surface area contributed by atoms with Gasteiger partial charge in [-0.05, 0) is 48.8 Å². The Morgan fingerprint density at radius 2 is 2.06 bits per heavy atom. The van der Waals surface area contributed by atoms with Crippen molar-refractivity contribution in [3.63, 3.8) is 0 Å². The van der Waals surface area contributed by atoms with Crippen LogP contribution in [0.25, 0.3) is 0 Å². The number of carbonyl (C=O) groups is 1. The summed E-state index contributed by atoms with van der Waals surface area (Å²) in [7, 11) is 0.